The van der Waals surface area contributed by atoms with Gasteiger partial charge in [-0.3, -0.25) is 4.79 Å². The Bertz CT molecular complexity index is 819. The topological polar surface area (TPSA) is 80.0 Å². The van der Waals surface area contributed by atoms with Crippen LogP contribution in [0.5, 0.6) is 5.75 Å². The second kappa shape index (κ2) is 6.27. The Morgan fingerprint density at radius 2 is 2.00 bits per heavy atom. The summed E-state index contributed by atoms with van der Waals surface area (Å²) < 4.78 is 10.9. The van der Waals surface area contributed by atoms with Crippen LogP contribution >= 0.6 is 0 Å². The Morgan fingerprint density at radius 1 is 1.32 bits per heavy atom. The summed E-state index contributed by atoms with van der Waals surface area (Å²) in [5.74, 6) is 0.469. The lowest BCUT2D eigenvalue weighted by Gasteiger charge is -2.24. The number of carbonyl (C=O) groups is 2. The number of hydrogen-bond donors (Lipinski definition) is 1. The highest BCUT2D eigenvalue weighted by atomic mass is 16.5. The van der Waals surface area contributed by atoms with E-state index in [0.29, 0.717) is 17.3 Å². The Morgan fingerprint density at radius 3 is 2.56 bits per heavy atom. The van der Waals surface area contributed by atoms with Gasteiger partial charge < -0.3 is 19.2 Å². The molecule has 1 amide bonds. The molecule has 1 fully saturated rings. The molecule has 1 saturated carbocycles. The first kappa shape index (κ1) is 17.1. The number of aromatic carboxylic acids is 1. The minimum absolute atomic E-state index is 0.0112. The molecule has 1 aliphatic carbocycles. The molecule has 1 aromatic heterocycles. The van der Waals surface area contributed by atoms with E-state index in [1.165, 1.54) is 6.07 Å². The van der Waals surface area contributed by atoms with Crippen LogP contribution in [0, 0.1) is 6.92 Å². The fourth-order valence-corrected chi connectivity index (χ4v) is 3.27. The average molecular weight is 343 g/mol. The highest BCUT2D eigenvalue weighted by Crippen LogP contribution is 2.52. The zero-order valence-electron chi connectivity index (χ0n) is 14.5. The summed E-state index contributed by atoms with van der Waals surface area (Å²) in [7, 11) is 3.30. The molecule has 6 nitrogen and oxygen atoms in total. The van der Waals surface area contributed by atoms with E-state index < -0.39 is 11.4 Å². The summed E-state index contributed by atoms with van der Waals surface area (Å²) in [6, 6.07) is 9.05. The van der Waals surface area contributed by atoms with Crippen LogP contribution in [-0.4, -0.2) is 36.0 Å². The van der Waals surface area contributed by atoms with Gasteiger partial charge in [0.25, 0.3) is 0 Å². The third-order valence-electron chi connectivity index (χ3n) is 4.72. The van der Waals surface area contributed by atoms with Crippen LogP contribution in [0.4, 0.5) is 0 Å². The number of ether oxygens (including phenoxy) is 1. The number of amides is 1. The molecule has 0 saturated heterocycles. The molecular weight excluding hydrogens is 322 g/mol. The highest BCUT2D eigenvalue weighted by Gasteiger charge is 2.54. The van der Waals surface area contributed by atoms with Crippen LogP contribution in [0.2, 0.25) is 0 Å². The van der Waals surface area contributed by atoms with Crippen molar-refractivity contribution in [2.45, 2.75) is 31.7 Å². The molecule has 0 spiro atoms. The minimum Gasteiger partial charge on any atom is -0.496 e. The summed E-state index contributed by atoms with van der Waals surface area (Å²) >= 11 is 0. The average Bonchev–Trinajstić information content (AvgIpc) is 3.32. The first-order chi connectivity index (χ1) is 11.9. The molecule has 1 N–H and O–H groups in total. The molecule has 1 heterocycles. The number of rotatable bonds is 6. The largest absolute Gasteiger partial charge is 0.496 e. The van der Waals surface area contributed by atoms with Gasteiger partial charge in [-0.05, 0) is 31.9 Å². The number of likely N-dealkylation sites (N-methyl/N-ethyl adjacent to an activating group) is 1. The Balaban J connectivity index is 1.81. The molecular formula is C19H21NO5. The first-order valence-electron chi connectivity index (χ1n) is 8.10. The number of benzene rings is 1. The maximum Gasteiger partial charge on any atom is 0.339 e. The Kier molecular flexibility index (Phi) is 4.29. The van der Waals surface area contributed by atoms with Crippen LogP contribution in [0.3, 0.4) is 0 Å². The van der Waals surface area contributed by atoms with E-state index in [1.54, 1.807) is 26.0 Å². The number of carboxylic acids is 1. The first-order valence-corrected chi connectivity index (χ1v) is 8.10. The third kappa shape index (κ3) is 2.99. The molecule has 0 atom stereocenters. The van der Waals surface area contributed by atoms with Crippen molar-refractivity contribution in [3.63, 3.8) is 0 Å². The summed E-state index contributed by atoms with van der Waals surface area (Å²) in [6.45, 7) is 1.83. The fourth-order valence-electron chi connectivity index (χ4n) is 3.27. The number of aryl methyl sites for hydroxylation is 1. The summed E-state index contributed by atoms with van der Waals surface area (Å²) in [4.78, 5) is 25.7. The van der Waals surface area contributed by atoms with E-state index in [1.807, 2.05) is 24.3 Å². The lowest BCUT2D eigenvalue weighted by atomic mass is 9.93. The molecule has 0 bridgehead atoms. The lowest BCUT2D eigenvalue weighted by molar-refractivity contribution is -0.133. The van der Waals surface area contributed by atoms with E-state index in [9.17, 15) is 9.59 Å². The number of methoxy groups -OCH3 is 1. The molecule has 1 aromatic carbocycles. The predicted octanol–water partition coefficient (Wildman–Crippen LogP) is 2.99. The van der Waals surface area contributed by atoms with Gasteiger partial charge >= 0.3 is 5.97 Å². The third-order valence-corrected chi connectivity index (χ3v) is 4.72. The number of para-hydroxylation sites is 1. The monoisotopic (exact) mass is 343 g/mol. The van der Waals surface area contributed by atoms with Crippen molar-refractivity contribution >= 4 is 11.9 Å². The molecule has 132 valence electrons. The van der Waals surface area contributed by atoms with Gasteiger partial charge in [0.15, 0.2) is 0 Å². The Hall–Kier alpha value is -2.76. The smallest absolute Gasteiger partial charge is 0.339 e. The van der Waals surface area contributed by atoms with Gasteiger partial charge in [-0.25, -0.2) is 4.79 Å². The molecule has 1 aliphatic rings. The van der Waals surface area contributed by atoms with Gasteiger partial charge in [-0.15, -0.1) is 0 Å². The summed E-state index contributed by atoms with van der Waals surface area (Å²) in [6.07, 6.45) is 1.54. The van der Waals surface area contributed by atoms with Crippen molar-refractivity contribution in [2.75, 3.05) is 14.2 Å². The maximum absolute atomic E-state index is 13.0. The number of nitrogens with zero attached hydrogens (tertiary/aromatic N) is 1. The normalized spacial score (nSPS) is 14.8. The quantitative estimate of drug-likeness (QED) is 0.872. The predicted molar refractivity (Wildman–Crippen MR) is 90.8 cm³/mol. The zero-order valence-corrected chi connectivity index (χ0v) is 14.5. The van der Waals surface area contributed by atoms with Gasteiger partial charge in [0.1, 0.15) is 22.8 Å². The molecule has 6 heteroatoms. The number of carboxylic acid groups (broad SMARTS) is 1. The van der Waals surface area contributed by atoms with Crippen molar-refractivity contribution in [1.29, 1.82) is 0 Å². The van der Waals surface area contributed by atoms with E-state index in [-0.39, 0.29) is 18.0 Å². The van der Waals surface area contributed by atoms with Gasteiger partial charge in [-0.2, -0.15) is 0 Å². The fraction of sp³-hybridized carbons (Fsp3) is 0.368. The number of furan rings is 1. The SMILES string of the molecule is COc1ccccc1C1(C(=O)N(C)Cc2cc(C(=O)O)c(C)o2)CC1. The molecule has 0 unspecified atom stereocenters. The number of hydrogen-bond acceptors (Lipinski definition) is 4. The van der Waals surface area contributed by atoms with Gasteiger partial charge in [0.2, 0.25) is 5.91 Å². The van der Waals surface area contributed by atoms with Crippen LogP contribution < -0.4 is 4.74 Å². The van der Waals surface area contributed by atoms with Crippen LogP contribution in [0.15, 0.2) is 34.7 Å². The highest BCUT2D eigenvalue weighted by molar-refractivity contribution is 5.92. The van der Waals surface area contributed by atoms with Crippen molar-refractivity contribution in [3.05, 3.63) is 53.0 Å². The maximum atomic E-state index is 13.0. The Labute approximate surface area is 146 Å². The molecule has 0 aliphatic heterocycles. The van der Waals surface area contributed by atoms with Gasteiger partial charge in [0, 0.05) is 12.6 Å². The van der Waals surface area contributed by atoms with Gasteiger partial charge in [0.05, 0.1) is 19.1 Å². The van der Waals surface area contributed by atoms with Crippen LogP contribution in [0.1, 0.15) is 40.3 Å². The van der Waals surface area contributed by atoms with Crippen molar-refractivity contribution in [1.82, 2.24) is 4.90 Å². The van der Waals surface area contributed by atoms with Crippen molar-refractivity contribution in [3.8, 4) is 5.75 Å². The lowest BCUT2D eigenvalue weighted by Crippen LogP contribution is -2.36. The van der Waals surface area contributed by atoms with Crippen LogP contribution in [0.25, 0.3) is 0 Å². The number of carbonyl (C=O) groups excluding carboxylic acids is 1. The van der Waals surface area contributed by atoms with Crippen LogP contribution in [-0.2, 0) is 16.8 Å². The van der Waals surface area contributed by atoms with Crippen molar-refractivity contribution < 1.29 is 23.8 Å². The summed E-state index contributed by atoms with van der Waals surface area (Å²) in [5.41, 5.74) is 0.469. The van der Waals surface area contributed by atoms with E-state index in [2.05, 4.69) is 0 Å². The second-order valence-corrected chi connectivity index (χ2v) is 6.43. The van der Waals surface area contributed by atoms with E-state index >= 15 is 0 Å². The molecule has 0 radical (unpaired) electrons. The van der Waals surface area contributed by atoms with E-state index in [4.69, 9.17) is 14.3 Å². The molecule has 25 heavy (non-hydrogen) atoms. The van der Waals surface area contributed by atoms with Gasteiger partial charge in [-0.1, -0.05) is 18.2 Å². The molecule has 3 rings (SSSR count). The minimum atomic E-state index is -1.03. The van der Waals surface area contributed by atoms with Crippen molar-refractivity contribution in [2.24, 2.45) is 0 Å². The van der Waals surface area contributed by atoms with E-state index in [0.717, 1.165) is 18.4 Å². The molecule has 2 aromatic rings. The second-order valence-electron chi connectivity index (χ2n) is 6.43. The standard InChI is InChI=1S/C19H21NO5/c1-12-14(17(21)22)10-13(25-12)11-20(2)18(23)19(8-9-19)15-6-4-5-7-16(15)24-3/h4-7,10H,8-9,11H2,1-3H3,(H,21,22). The summed E-state index contributed by atoms with van der Waals surface area (Å²) in [5, 5.41) is 9.11. The zero-order chi connectivity index (χ0) is 18.2.